The average molecular weight is 293 g/mol. The molecule has 1 fully saturated rings. The van der Waals surface area contributed by atoms with Crippen molar-refractivity contribution in [2.45, 2.75) is 20.3 Å². The number of nitrogens with zero attached hydrogens (tertiary/aromatic N) is 2. The summed E-state index contributed by atoms with van der Waals surface area (Å²) in [4.78, 5) is 25.5. The van der Waals surface area contributed by atoms with Crippen LogP contribution in [0.5, 0.6) is 0 Å². The number of carbonyl (C=O) groups is 2. The van der Waals surface area contributed by atoms with Gasteiger partial charge in [0.15, 0.2) is 0 Å². The first-order chi connectivity index (χ1) is 10.1. The van der Waals surface area contributed by atoms with Crippen molar-refractivity contribution in [1.29, 1.82) is 0 Å². The number of nitrogens with one attached hydrogen (secondary N) is 3. The minimum Gasteiger partial charge on any atom is -0.349 e. The van der Waals surface area contributed by atoms with Crippen LogP contribution in [0.1, 0.15) is 30.8 Å². The Hall–Kier alpha value is -2.05. The summed E-state index contributed by atoms with van der Waals surface area (Å²) in [5.41, 5.74) is 0.417. The Kier molecular flexibility index (Phi) is 5.19. The lowest BCUT2D eigenvalue weighted by molar-refractivity contribution is 0.0948. The van der Waals surface area contributed by atoms with Crippen LogP contribution in [0, 0.1) is 11.8 Å². The van der Waals surface area contributed by atoms with Gasteiger partial charge in [-0.1, -0.05) is 13.8 Å². The molecule has 2 atom stereocenters. The molecule has 0 aliphatic carbocycles. The first kappa shape index (κ1) is 15.3. The Morgan fingerprint density at radius 3 is 2.76 bits per heavy atom. The van der Waals surface area contributed by atoms with E-state index in [-0.39, 0.29) is 11.9 Å². The Bertz CT molecular complexity index is 474. The molecule has 7 heteroatoms. The SMILES string of the molecule is CC1CCN(C(=O)NCCNC(=O)c2ccn[nH]2)CC1C. The molecule has 2 unspecified atom stereocenters. The van der Waals surface area contributed by atoms with Crippen molar-refractivity contribution in [3.05, 3.63) is 18.0 Å². The number of amides is 3. The van der Waals surface area contributed by atoms with E-state index >= 15 is 0 Å². The molecule has 1 saturated heterocycles. The molecule has 0 saturated carbocycles. The molecule has 21 heavy (non-hydrogen) atoms. The van der Waals surface area contributed by atoms with E-state index < -0.39 is 0 Å². The van der Waals surface area contributed by atoms with Gasteiger partial charge in [0.25, 0.3) is 5.91 Å². The largest absolute Gasteiger partial charge is 0.349 e. The number of piperidine rings is 1. The number of rotatable bonds is 4. The number of hydrogen-bond donors (Lipinski definition) is 3. The molecule has 1 aliphatic rings. The maximum atomic E-state index is 12.0. The Morgan fingerprint density at radius 2 is 2.10 bits per heavy atom. The van der Waals surface area contributed by atoms with Crippen LogP contribution in [0.4, 0.5) is 4.79 Å². The highest BCUT2D eigenvalue weighted by Crippen LogP contribution is 2.22. The van der Waals surface area contributed by atoms with E-state index in [2.05, 4.69) is 34.7 Å². The van der Waals surface area contributed by atoms with Crippen LogP contribution in [0.15, 0.2) is 12.3 Å². The minimum absolute atomic E-state index is 0.0514. The molecule has 1 aromatic rings. The fraction of sp³-hybridized carbons (Fsp3) is 0.643. The van der Waals surface area contributed by atoms with Gasteiger partial charge in [0.2, 0.25) is 0 Å². The van der Waals surface area contributed by atoms with Crippen molar-refractivity contribution in [2.24, 2.45) is 11.8 Å². The predicted octanol–water partition coefficient (Wildman–Crippen LogP) is 0.827. The van der Waals surface area contributed by atoms with Crippen LogP contribution in [0.25, 0.3) is 0 Å². The Morgan fingerprint density at radius 1 is 1.33 bits per heavy atom. The van der Waals surface area contributed by atoms with Crippen molar-refractivity contribution in [3.63, 3.8) is 0 Å². The molecule has 0 aromatic carbocycles. The molecule has 2 rings (SSSR count). The van der Waals surface area contributed by atoms with Crippen LogP contribution in [0.2, 0.25) is 0 Å². The van der Waals surface area contributed by atoms with Gasteiger partial charge >= 0.3 is 6.03 Å². The number of likely N-dealkylation sites (tertiary alicyclic amines) is 1. The van der Waals surface area contributed by atoms with Gasteiger partial charge in [-0.15, -0.1) is 0 Å². The van der Waals surface area contributed by atoms with E-state index in [0.29, 0.717) is 30.6 Å². The first-order valence-corrected chi connectivity index (χ1v) is 7.38. The Balaban J connectivity index is 1.64. The second-order valence-electron chi connectivity index (χ2n) is 5.65. The summed E-state index contributed by atoms with van der Waals surface area (Å²) in [6.45, 7) is 6.81. The number of hydrogen-bond acceptors (Lipinski definition) is 3. The van der Waals surface area contributed by atoms with Gasteiger partial charge < -0.3 is 15.5 Å². The van der Waals surface area contributed by atoms with Crippen LogP contribution in [-0.4, -0.2) is 53.2 Å². The lowest BCUT2D eigenvalue weighted by atomic mass is 9.89. The van der Waals surface area contributed by atoms with Gasteiger partial charge in [-0.25, -0.2) is 4.79 Å². The zero-order valence-electron chi connectivity index (χ0n) is 12.6. The number of aromatic amines is 1. The second kappa shape index (κ2) is 7.10. The molecule has 116 valence electrons. The standard InChI is InChI=1S/C14H23N5O2/c1-10-4-8-19(9-11(10)2)14(21)16-7-6-15-13(20)12-3-5-17-18-12/h3,5,10-11H,4,6-9H2,1-2H3,(H,15,20)(H,16,21)(H,17,18). The van der Waals surface area contributed by atoms with Gasteiger partial charge in [0.05, 0.1) is 0 Å². The van der Waals surface area contributed by atoms with Crippen LogP contribution >= 0.6 is 0 Å². The van der Waals surface area contributed by atoms with Crippen molar-refractivity contribution >= 4 is 11.9 Å². The topological polar surface area (TPSA) is 90.1 Å². The van der Waals surface area contributed by atoms with Crippen LogP contribution in [-0.2, 0) is 0 Å². The smallest absolute Gasteiger partial charge is 0.317 e. The summed E-state index contributed by atoms with van der Waals surface area (Å²) in [5.74, 6) is 0.981. The number of H-pyrrole nitrogens is 1. The zero-order chi connectivity index (χ0) is 15.2. The molecule has 1 aromatic heterocycles. The van der Waals surface area contributed by atoms with Gasteiger partial charge in [-0.2, -0.15) is 5.10 Å². The monoisotopic (exact) mass is 293 g/mol. The molecule has 3 amide bonds. The lowest BCUT2D eigenvalue weighted by Gasteiger charge is -2.35. The number of carbonyl (C=O) groups excluding carboxylic acids is 2. The third-order valence-corrected chi connectivity index (χ3v) is 4.05. The van der Waals surface area contributed by atoms with Gasteiger partial charge in [-0.3, -0.25) is 9.89 Å². The maximum absolute atomic E-state index is 12.0. The van der Waals surface area contributed by atoms with E-state index in [4.69, 9.17) is 0 Å². The van der Waals surface area contributed by atoms with Crippen LogP contribution in [0.3, 0.4) is 0 Å². The quantitative estimate of drug-likeness (QED) is 0.718. The van der Waals surface area contributed by atoms with Crippen molar-refractivity contribution in [1.82, 2.24) is 25.7 Å². The third-order valence-electron chi connectivity index (χ3n) is 4.05. The lowest BCUT2D eigenvalue weighted by Crippen LogP contribution is -2.48. The maximum Gasteiger partial charge on any atom is 0.317 e. The Labute approximate surface area is 124 Å². The van der Waals surface area contributed by atoms with Crippen molar-refractivity contribution in [3.8, 4) is 0 Å². The van der Waals surface area contributed by atoms with Gasteiger partial charge in [-0.05, 0) is 24.3 Å². The van der Waals surface area contributed by atoms with E-state index in [1.165, 1.54) is 6.20 Å². The molecule has 0 spiro atoms. The number of urea groups is 1. The number of aromatic nitrogens is 2. The summed E-state index contributed by atoms with van der Waals surface area (Å²) in [7, 11) is 0. The molecule has 3 N–H and O–H groups in total. The molecule has 0 radical (unpaired) electrons. The highest BCUT2D eigenvalue weighted by Gasteiger charge is 2.25. The normalized spacial score (nSPS) is 21.9. The fourth-order valence-corrected chi connectivity index (χ4v) is 2.38. The van der Waals surface area contributed by atoms with Crippen LogP contribution < -0.4 is 10.6 Å². The van der Waals surface area contributed by atoms with E-state index in [9.17, 15) is 9.59 Å². The molecule has 7 nitrogen and oxygen atoms in total. The van der Waals surface area contributed by atoms with E-state index in [1.54, 1.807) is 6.07 Å². The molecule has 1 aliphatic heterocycles. The van der Waals surface area contributed by atoms with Gasteiger partial charge in [0, 0.05) is 32.4 Å². The summed E-state index contributed by atoms with van der Waals surface area (Å²) >= 11 is 0. The minimum atomic E-state index is -0.220. The predicted molar refractivity (Wildman–Crippen MR) is 78.8 cm³/mol. The fourth-order valence-electron chi connectivity index (χ4n) is 2.38. The molecule has 2 heterocycles. The van der Waals surface area contributed by atoms with E-state index in [0.717, 1.165) is 19.5 Å². The molecular formula is C14H23N5O2. The van der Waals surface area contributed by atoms with Crippen molar-refractivity contribution in [2.75, 3.05) is 26.2 Å². The summed E-state index contributed by atoms with van der Waals surface area (Å²) < 4.78 is 0. The van der Waals surface area contributed by atoms with Gasteiger partial charge in [0.1, 0.15) is 5.69 Å². The van der Waals surface area contributed by atoms with E-state index in [1.807, 2.05) is 4.90 Å². The first-order valence-electron chi connectivity index (χ1n) is 7.38. The van der Waals surface area contributed by atoms with Crippen molar-refractivity contribution < 1.29 is 9.59 Å². The summed E-state index contributed by atoms with van der Waals surface area (Å²) in [6, 6.07) is 1.55. The molecular weight excluding hydrogens is 270 g/mol. The third kappa shape index (κ3) is 4.21. The molecule has 0 bridgehead atoms. The summed E-state index contributed by atoms with van der Waals surface area (Å²) in [5, 5.41) is 11.9. The highest BCUT2D eigenvalue weighted by molar-refractivity contribution is 5.92. The average Bonchev–Trinajstić information content (AvgIpc) is 3.00. The zero-order valence-corrected chi connectivity index (χ0v) is 12.6. The highest BCUT2D eigenvalue weighted by atomic mass is 16.2. The second-order valence-corrected chi connectivity index (χ2v) is 5.65. The summed E-state index contributed by atoms with van der Waals surface area (Å²) in [6.07, 6.45) is 2.57.